The van der Waals surface area contributed by atoms with Crippen molar-refractivity contribution in [3.8, 4) is 5.75 Å². The van der Waals surface area contributed by atoms with Crippen molar-refractivity contribution in [3.05, 3.63) is 91.9 Å². The van der Waals surface area contributed by atoms with Gasteiger partial charge in [-0.15, -0.1) is 0 Å². The molecule has 10 heteroatoms. The van der Waals surface area contributed by atoms with Crippen molar-refractivity contribution in [2.24, 2.45) is 0 Å². The van der Waals surface area contributed by atoms with Crippen LogP contribution < -0.4 is 20.9 Å². The number of nitrogens with zero attached hydrogens (tertiary/aromatic N) is 2. The number of nitrogens with one attached hydrogen (secondary N) is 3. The van der Waals surface area contributed by atoms with Crippen LogP contribution in [0.5, 0.6) is 5.75 Å². The number of methoxy groups -OCH3 is 1. The van der Waals surface area contributed by atoms with E-state index in [1.807, 2.05) is 4.90 Å². The van der Waals surface area contributed by atoms with Gasteiger partial charge in [0, 0.05) is 60.1 Å². The molecule has 0 atom stereocenters. The van der Waals surface area contributed by atoms with Crippen LogP contribution in [0.25, 0.3) is 10.9 Å². The van der Waals surface area contributed by atoms with Crippen LogP contribution in [0.1, 0.15) is 21.6 Å². The lowest BCUT2D eigenvalue weighted by Gasteiger charge is -2.27. The highest BCUT2D eigenvalue weighted by Crippen LogP contribution is 2.33. The molecule has 8 nitrogen and oxygen atoms in total. The second-order valence-electron chi connectivity index (χ2n) is 8.69. The van der Waals surface area contributed by atoms with Crippen LogP contribution in [0.3, 0.4) is 0 Å². The molecule has 4 aromatic rings. The minimum atomic E-state index is -0.278. The highest BCUT2D eigenvalue weighted by atomic mass is 35.5. The maximum absolute atomic E-state index is 13.0. The quantitative estimate of drug-likeness (QED) is 0.332. The van der Waals surface area contributed by atoms with Gasteiger partial charge >= 0.3 is 0 Å². The number of pyridine rings is 2. The number of piperazine rings is 1. The van der Waals surface area contributed by atoms with Gasteiger partial charge in [0.15, 0.2) is 0 Å². The lowest BCUT2D eigenvalue weighted by Crippen LogP contribution is -2.46. The average molecular weight is 538 g/mol. The highest BCUT2D eigenvalue weighted by molar-refractivity contribution is 6.36. The number of hydrogen-bond acceptors (Lipinski definition) is 6. The van der Waals surface area contributed by atoms with Crippen LogP contribution in [-0.4, -0.2) is 54.1 Å². The van der Waals surface area contributed by atoms with E-state index >= 15 is 0 Å². The number of benzene rings is 2. The predicted molar refractivity (Wildman–Crippen MR) is 147 cm³/mol. The molecule has 1 fully saturated rings. The summed E-state index contributed by atoms with van der Waals surface area (Å²) in [6.45, 7) is 2.86. The maximum Gasteiger partial charge on any atom is 0.259 e. The molecule has 2 aromatic carbocycles. The summed E-state index contributed by atoms with van der Waals surface area (Å²) in [6.07, 6.45) is 1.94. The van der Waals surface area contributed by atoms with E-state index in [2.05, 4.69) is 20.6 Å². The second-order valence-corrected chi connectivity index (χ2v) is 9.50. The molecule has 0 bridgehead atoms. The van der Waals surface area contributed by atoms with E-state index in [0.29, 0.717) is 68.8 Å². The summed E-state index contributed by atoms with van der Waals surface area (Å²) in [5.41, 5.74) is 3.37. The molecule has 3 N–H and O–H groups in total. The van der Waals surface area contributed by atoms with Crippen LogP contribution in [0.15, 0.2) is 59.5 Å². The number of aromatic nitrogens is 2. The molecule has 3 heterocycles. The number of fused-ring (bicyclic) bond motifs is 1. The third-order valence-corrected chi connectivity index (χ3v) is 7.03. The van der Waals surface area contributed by atoms with Gasteiger partial charge in [-0.05, 0) is 48.0 Å². The Morgan fingerprint density at radius 1 is 1.08 bits per heavy atom. The molecule has 1 saturated heterocycles. The van der Waals surface area contributed by atoms with Crippen molar-refractivity contribution in [2.45, 2.75) is 6.42 Å². The molecule has 0 saturated carbocycles. The standard InChI is InChI=1S/C27H25Cl2N5O3/c1-37-24-13-16(27(36)34-11-9-30-10-12-34)5-6-21(24)33-23-15-17(14-18-19(28)3-2-4-20(18)29)32-22-7-8-31-26(35)25(22)23/h2-8,13,15,30H,9-12,14H2,1H3,(H,31,35)(H,32,33). The first-order valence-electron chi connectivity index (χ1n) is 11.8. The number of rotatable bonds is 6. The zero-order valence-corrected chi connectivity index (χ0v) is 21.6. The van der Waals surface area contributed by atoms with Crippen molar-refractivity contribution >= 4 is 51.4 Å². The highest BCUT2D eigenvalue weighted by Gasteiger charge is 2.20. The topological polar surface area (TPSA) is 99.3 Å². The Morgan fingerprint density at radius 2 is 1.84 bits per heavy atom. The fourth-order valence-electron chi connectivity index (χ4n) is 4.44. The Hall–Kier alpha value is -3.59. The largest absolute Gasteiger partial charge is 0.495 e. The molecule has 0 radical (unpaired) electrons. The second kappa shape index (κ2) is 10.8. The minimum absolute atomic E-state index is 0.0453. The molecule has 1 amide bonds. The number of H-pyrrole nitrogens is 1. The molecule has 37 heavy (non-hydrogen) atoms. The van der Waals surface area contributed by atoms with Gasteiger partial charge in [-0.1, -0.05) is 29.3 Å². The monoisotopic (exact) mass is 537 g/mol. The van der Waals surface area contributed by atoms with Gasteiger partial charge in [-0.3, -0.25) is 14.6 Å². The summed E-state index contributed by atoms with van der Waals surface area (Å²) in [7, 11) is 1.54. The first kappa shape index (κ1) is 25.1. The van der Waals surface area contributed by atoms with E-state index in [1.54, 1.807) is 61.8 Å². The Bertz CT molecular complexity index is 1510. The number of anilines is 2. The van der Waals surface area contributed by atoms with E-state index in [-0.39, 0.29) is 11.5 Å². The van der Waals surface area contributed by atoms with E-state index in [1.165, 1.54) is 0 Å². The predicted octanol–water partition coefficient (Wildman–Crippen LogP) is 4.62. The number of aromatic amines is 1. The molecule has 0 aliphatic carbocycles. The van der Waals surface area contributed by atoms with Gasteiger partial charge in [0.25, 0.3) is 11.5 Å². The smallest absolute Gasteiger partial charge is 0.259 e. The average Bonchev–Trinajstić information content (AvgIpc) is 2.91. The van der Waals surface area contributed by atoms with Crippen LogP contribution in [0.2, 0.25) is 10.0 Å². The summed E-state index contributed by atoms with van der Waals surface area (Å²) in [4.78, 5) is 35.0. The maximum atomic E-state index is 13.0. The van der Waals surface area contributed by atoms with Gasteiger partial charge in [0.05, 0.1) is 29.4 Å². The lowest BCUT2D eigenvalue weighted by molar-refractivity contribution is 0.0735. The molecule has 0 spiro atoms. The summed E-state index contributed by atoms with van der Waals surface area (Å²) in [6, 6.07) is 14.1. The fraction of sp³-hybridized carbons (Fsp3) is 0.222. The first-order valence-corrected chi connectivity index (χ1v) is 12.6. The van der Waals surface area contributed by atoms with Gasteiger partial charge in [-0.25, -0.2) is 0 Å². The molecular weight excluding hydrogens is 513 g/mol. The number of hydrogen-bond donors (Lipinski definition) is 3. The summed E-state index contributed by atoms with van der Waals surface area (Å²) >= 11 is 12.8. The lowest BCUT2D eigenvalue weighted by atomic mass is 10.1. The molecule has 2 aromatic heterocycles. The van der Waals surface area contributed by atoms with Crippen LogP contribution in [0, 0.1) is 0 Å². The first-order chi connectivity index (χ1) is 17.9. The minimum Gasteiger partial charge on any atom is -0.495 e. The summed E-state index contributed by atoms with van der Waals surface area (Å²) < 4.78 is 5.61. The molecule has 0 unspecified atom stereocenters. The third-order valence-electron chi connectivity index (χ3n) is 6.32. The van der Waals surface area contributed by atoms with Gasteiger partial charge in [0.2, 0.25) is 0 Å². The molecular formula is C27H25Cl2N5O3. The number of carbonyl (C=O) groups is 1. The van der Waals surface area contributed by atoms with Crippen molar-refractivity contribution in [3.63, 3.8) is 0 Å². The molecule has 1 aliphatic heterocycles. The summed E-state index contributed by atoms with van der Waals surface area (Å²) in [5.74, 6) is 0.435. The van der Waals surface area contributed by atoms with Crippen molar-refractivity contribution < 1.29 is 9.53 Å². The Morgan fingerprint density at radius 3 is 2.57 bits per heavy atom. The fourth-order valence-corrected chi connectivity index (χ4v) is 4.97. The van der Waals surface area contributed by atoms with Crippen LogP contribution in [0.4, 0.5) is 11.4 Å². The molecule has 190 valence electrons. The zero-order valence-electron chi connectivity index (χ0n) is 20.1. The molecule has 1 aliphatic rings. The van der Waals surface area contributed by atoms with Gasteiger partial charge < -0.3 is 25.3 Å². The van der Waals surface area contributed by atoms with Crippen molar-refractivity contribution in [1.82, 2.24) is 20.2 Å². The Balaban J connectivity index is 1.52. The number of halogens is 2. The number of amides is 1. The van der Waals surface area contributed by atoms with E-state index in [4.69, 9.17) is 27.9 Å². The molecule has 5 rings (SSSR count). The Kier molecular flexibility index (Phi) is 7.32. The number of ether oxygens (including phenoxy) is 1. The van der Waals surface area contributed by atoms with Crippen molar-refractivity contribution in [1.29, 1.82) is 0 Å². The van der Waals surface area contributed by atoms with Gasteiger partial charge in [0.1, 0.15) is 5.75 Å². The number of carbonyl (C=O) groups excluding carboxylic acids is 1. The van der Waals surface area contributed by atoms with E-state index < -0.39 is 0 Å². The summed E-state index contributed by atoms with van der Waals surface area (Å²) in [5, 5.41) is 8.06. The zero-order chi connectivity index (χ0) is 25.9. The van der Waals surface area contributed by atoms with E-state index in [9.17, 15) is 9.59 Å². The van der Waals surface area contributed by atoms with E-state index in [0.717, 1.165) is 18.7 Å². The Labute approximate surface area is 223 Å². The van der Waals surface area contributed by atoms with Crippen molar-refractivity contribution in [2.75, 3.05) is 38.6 Å². The van der Waals surface area contributed by atoms with Crippen LogP contribution >= 0.6 is 23.2 Å². The third kappa shape index (κ3) is 5.27. The normalized spacial score (nSPS) is 13.5. The SMILES string of the molecule is COc1cc(C(=O)N2CCNCC2)ccc1Nc1cc(Cc2c(Cl)cccc2Cl)nc2cc[nH]c(=O)c12. The van der Waals surface area contributed by atoms with Crippen LogP contribution in [-0.2, 0) is 6.42 Å². The van der Waals surface area contributed by atoms with Gasteiger partial charge in [-0.2, -0.15) is 0 Å².